The monoisotopic (exact) mass is 472 g/mol. The Morgan fingerprint density at radius 1 is 1.09 bits per heavy atom. The van der Waals surface area contributed by atoms with Gasteiger partial charge in [-0.25, -0.2) is 4.98 Å². The van der Waals surface area contributed by atoms with Gasteiger partial charge in [0.2, 0.25) is 5.95 Å². The molecule has 0 aliphatic carbocycles. The molecule has 0 unspecified atom stereocenters. The van der Waals surface area contributed by atoms with Crippen LogP contribution in [-0.2, 0) is 17.3 Å². The number of aromatic nitrogens is 3. The molecule has 0 saturated carbocycles. The molecule has 2 aliphatic rings. The van der Waals surface area contributed by atoms with E-state index in [0.717, 1.165) is 74.3 Å². The first-order chi connectivity index (χ1) is 16.4. The van der Waals surface area contributed by atoms with Gasteiger partial charge in [-0.3, -0.25) is 4.98 Å². The summed E-state index contributed by atoms with van der Waals surface area (Å²) in [6.45, 7) is 3.66. The fourth-order valence-corrected chi connectivity index (χ4v) is 4.40. The third kappa shape index (κ3) is 4.86. The molecule has 34 heavy (non-hydrogen) atoms. The van der Waals surface area contributed by atoms with Crippen molar-refractivity contribution in [2.45, 2.75) is 37.8 Å². The summed E-state index contributed by atoms with van der Waals surface area (Å²) in [5.41, 5.74) is 7.34. The molecule has 5 rings (SSSR count). The molecule has 0 atom stereocenters. The second-order valence-electron chi connectivity index (χ2n) is 8.86. The quantitative estimate of drug-likeness (QED) is 0.515. The molecule has 0 radical (unpaired) electrons. The molecule has 1 aromatic carbocycles. The number of rotatable bonds is 6. The summed E-state index contributed by atoms with van der Waals surface area (Å²) in [6.07, 6.45) is 0.679. The van der Waals surface area contributed by atoms with E-state index in [1.807, 2.05) is 6.07 Å². The number of fused-ring (bicyclic) bond motifs is 1. The Balaban J connectivity index is 1.41. The molecular weight excluding hydrogens is 445 g/mol. The van der Waals surface area contributed by atoms with E-state index in [1.165, 1.54) is 0 Å². The van der Waals surface area contributed by atoms with Gasteiger partial charge in [0.05, 0.1) is 17.3 Å². The number of benzene rings is 1. The predicted octanol–water partition coefficient (Wildman–Crippen LogP) is 4.38. The van der Waals surface area contributed by atoms with Crippen molar-refractivity contribution in [1.82, 2.24) is 15.0 Å². The SMILES string of the molecule is Nc1cc(CCNc2nc(N3CCC3)nc3cnc(C4CCOCC4)cc23)cc(C(F)(F)F)c1. The van der Waals surface area contributed by atoms with Crippen LogP contribution in [0.4, 0.5) is 30.6 Å². The van der Waals surface area contributed by atoms with Crippen LogP contribution in [0.25, 0.3) is 10.9 Å². The molecule has 180 valence electrons. The summed E-state index contributed by atoms with van der Waals surface area (Å²) in [5, 5.41) is 4.20. The molecule has 0 bridgehead atoms. The second-order valence-corrected chi connectivity index (χ2v) is 8.86. The lowest BCUT2D eigenvalue weighted by molar-refractivity contribution is -0.137. The zero-order valence-electron chi connectivity index (χ0n) is 18.7. The highest BCUT2D eigenvalue weighted by Crippen LogP contribution is 2.33. The van der Waals surface area contributed by atoms with Crippen LogP contribution in [0.3, 0.4) is 0 Å². The van der Waals surface area contributed by atoms with Gasteiger partial charge in [-0.05, 0) is 55.5 Å². The molecule has 3 aromatic rings. The standard InChI is InChI=1S/C24H27F3N6O/c25-24(26,27)17-10-15(11-18(28)12-17)2-5-29-22-19-13-20(16-3-8-34-9-4-16)30-14-21(19)31-23(32-22)33-6-1-7-33/h10-14,16H,1-9,28H2,(H,29,31,32). The zero-order valence-corrected chi connectivity index (χ0v) is 18.7. The van der Waals surface area contributed by atoms with Crippen LogP contribution in [0.2, 0.25) is 0 Å². The number of nitrogen functional groups attached to an aromatic ring is 1. The van der Waals surface area contributed by atoms with E-state index in [0.29, 0.717) is 36.2 Å². The van der Waals surface area contributed by atoms with Crippen molar-refractivity contribution in [1.29, 1.82) is 0 Å². The molecule has 2 saturated heterocycles. The number of nitrogens with two attached hydrogens (primary N) is 1. The van der Waals surface area contributed by atoms with Crippen molar-refractivity contribution in [2.24, 2.45) is 0 Å². The number of hydrogen-bond donors (Lipinski definition) is 2. The molecule has 0 spiro atoms. The first kappa shape index (κ1) is 22.6. The summed E-state index contributed by atoms with van der Waals surface area (Å²) in [7, 11) is 0. The minimum Gasteiger partial charge on any atom is -0.399 e. The summed E-state index contributed by atoms with van der Waals surface area (Å²) >= 11 is 0. The predicted molar refractivity (Wildman–Crippen MR) is 125 cm³/mol. The summed E-state index contributed by atoms with van der Waals surface area (Å²) in [6, 6.07) is 5.72. The summed E-state index contributed by atoms with van der Waals surface area (Å²) < 4.78 is 44.9. The molecule has 10 heteroatoms. The highest BCUT2D eigenvalue weighted by molar-refractivity contribution is 5.90. The first-order valence-electron chi connectivity index (χ1n) is 11.6. The van der Waals surface area contributed by atoms with Crippen molar-refractivity contribution in [3.05, 3.63) is 47.3 Å². The van der Waals surface area contributed by atoms with Gasteiger partial charge in [0, 0.05) is 55.5 Å². The van der Waals surface area contributed by atoms with E-state index in [9.17, 15) is 13.2 Å². The van der Waals surface area contributed by atoms with Gasteiger partial charge in [0.15, 0.2) is 0 Å². The number of nitrogens with zero attached hydrogens (tertiary/aromatic N) is 4. The van der Waals surface area contributed by atoms with Crippen LogP contribution < -0.4 is 16.0 Å². The molecule has 7 nitrogen and oxygen atoms in total. The number of pyridine rings is 1. The Bertz CT molecular complexity index is 1180. The van der Waals surface area contributed by atoms with Crippen molar-refractivity contribution >= 4 is 28.4 Å². The minimum absolute atomic E-state index is 0.101. The molecular formula is C24H27F3N6O. The van der Waals surface area contributed by atoms with Gasteiger partial charge in [-0.15, -0.1) is 0 Å². The number of ether oxygens (including phenoxy) is 1. The lowest BCUT2D eigenvalue weighted by atomic mass is 9.95. The topological polar surface area (TPSA) is 89.2 Å². The van der Waals surface area contributed by atoms with Crippen LogP contribution in [0.5, 0.6) is 0 Å². The zero-order chi connectivity index (χ0) is 23.7. The minimum atomic E-state index is -4.43. The number of halogens is 3. The van der Waals surface area contributed by atoms with Crippen molar-refractivity contribution in [3.8, 4) is 0 Å². The van der Waals surface area contributed by atoms with Crippen molar-refractivity contribution < 1.29 is 17.9 Å². The largest absolute Gasteiger partial charge is 0.416 e. The summed E-state index contributed by atoms with van der Waals surface area (Å²) in [4.78, 5) is 16.2. The van der Waals surface area contributed by atoms with Crippen LogP contribution in [0, 0.1) is 0 Å². The first-order valence-corrected chi connectivity index (χ1v) is 11.6. The highest BCUT2D eigenvalue weighted by Gasteiger charge is 2.31. The van der Waals surface area contributed by atoms with E-state index >= 15 is 0 Å². The van der Waals surface area contributed by atoms with Gasteiger partial charge in [0.1, 0.15) is 5.82 Å². The molecule has 0 amide bonds. The number of nitrogens with one attached hydrogen (secondary N) is 1. The van der Waals surface area contributed by atoms with Crippen LogP contribution >= 0.6 is 0 Å². The van der Waals surface area contributed by atoms with Crippen molar-refractivity contribution in [2.75, 3.05) is 48.8 Å². The van der Waals surface area contributed by atoms with Gasteiger partial charge >= 0.3 is 6.18 Å². The maximum absolute atomic E-state index is 13.2. The smallest absolute Gasteiger partial charge is 0.399 e. The lowest BCUT2D eigenvalue weighted by Gasteiger charge is -2.31. The number of alkyl halides is 3. The van der Waals surface area contributed by atoms with E-state index in [2.05, 4.69) is 15.2 Å². The summed E-state index contributed by atoms with van der Waals surface area (Å²) in [5.74, 6) is 1.64. The maximum atomic E-state index is 13.2. The highest BCUT2D eigenvalue weighted by atomic mass is 19.4. The fourth-order valence-electron chi connectivity index (χ4n) is 4.40. The Kier molecular flexibility index (Phi) is 6.16. The normalized spacial score (nSPS) is 17.1. The Morgan fingerprint density at radius 3 is 2.59 bits per heavy atom. The number of hydrogen-bond acceptors (Lipinski definition) is 7. The number of anilines is 3. The average Bonchev–Trinajstić information content (AvgIpc) is 2.77. The average molecular weight is 473 g/mol. The third-order valence-electron chi connectivity index (χ3n) is 6.42. The fraction of sp³-hybridized carbons (Fsp3) is 0.458. The van der Waals surface area contributed by atoms with Crippen LogP contribution in [-0.4, -0.2) is 47.8 Å². The second kappa shape index (κ2) is 9.25. The van der Waals surface area contributed by atoms with Gasteiger partial charge in [-0.1, -0.05) is 0 Å². The maximum Gasteiger partial charge on any atom is 0.416 e. The van der Waals surface area contributed by atoms with Crippen LogP contribution in [0.1, 0.15) is 42.0 Å². The molecule has 4 heterocycles. The molecule has 2 fully saturated rings. The lowest BCUT2D eigenvalue weighted by Crippen LogP contribution is -2.38. The Morgan fingerprint density at radius 2 is 1.88 bits per heavy atom. The van der Waals surface area contributed by atoms with E-state index in [1.54, 1.807) is 12.3 Å². The van der Waals surface area contributed by atoms with Gasteiger partial charge in [0.25, 0.3) is 0 Å². The van der Waals surface area contributed by atoms with Crippen LogP contribution in [0.15, 0.2) is 30.5 Å². The van der Waals surface area contributed by atoms with E-state index in [4.69, 9.17) is 20.4 Å². The molecule has 2 aliphatic heterocycles. The third-order valence-corrected chi connectivity index (χ3v) is 6.42. The van der Waals surface area contributed by atoms with Crippen molar-refractivity contribution in [3.63, 3.8) is 0 Å². The Labute approximate surface area is 195 Å². The molecule has 2 aromatic heterocycles. The van der Waals surface area contributed by atoms with E-state index < -0.39 is 11.7 Å². The Hall–Kier alpha value is -3.14. The molecule has 3 N–H and O–H groups in total. The van der Waals surface area contributed by atoms with E-state index in [-0.39, 0.29) is 5.69 Å². The van der Waals surface area contributed by atoms with Gasteiger partial charge < -0.3 is 20.7 Å². The van der Waals surface area contributed by atoms with Gasteiger partial charge in [-0.2, -0.15) is 18.2 Å².